The van der Waals surface area contributed by atoms with Crippen LogP contribution in [0.3, 0.4) is 0 Å². The molecule has 0 aliphatic heterocycles. The molecular formula is C23H28O6. The Balaban J connectivity index is 2.44. The van der Waals surface area contributed by atoms with Crippen LogP contribution in [0.2, 0.25) is 0 Å². The van der Waals surface area contributed by atoms with Gasteiger partial charge in [-0.15, -0.1) is 0 Å². The lowest BCUT2D eigenvalue weighted by Gasteiger charge is -2.23. The number of aromatic hydroxyl groups is 1. The van der Waals surface area contributed by atoms with Gasteiger partial charge in [0.05, 0.1) is 34.0 Å². The van der Waals surface area contributed by atoms with Gasteiger partial charge in [0.1, 0.15) is 11.5 Å². The Labute approximate surface area is 171 Å². The lowest BCUT2D eigenvalue weighted by molar-refractivity contribution is 0.104. The van der Waals surface area contributed by atoms with Crippen LogP contribution in [-0.2, 0) is 5.41 Å². The number of methoxy groups -OCH3 is 4. The van der Waals surface area contributed by atoms with Crippen molar-refractivity contribution >= 4 is 11.9 Å². The monoisotopic (exact) mass is 400 g/mol. The number of allylic oxidation sites excluding steroid dienone is 1. The molecule has 0 bridgehead atoms. The maximum atomic E-state index is 12.8. The maximum absolute atomic E-state index is 12.8. The van der Waals surface area contributed by atoms with Crippen LogP contribution >= 0.6 is 0 Å². The summed E-state index contributed by atoms with van der Waals surface area (Å²) in [5.74, 6) is 1.53. The van der Waals surface area contributed by atoms with Gasteiger partial charge in [-0.2, -0.15) is 0 Å². The van der Waals surface area contributed by atoms with Crippen molar-refractivity contribution in [1.82, 2.24) is 0 Å². The summed E-state index contributed by atoms with van der Waals surface area (Å²) in [6.45, 7) is 6.05. The summed E-state index contributed by atoms with van der Waals surface area (Å²) >= 11 is 0. The molecule has 0 amide bonds. The molecule has 0 fully saturated rings. The average molecular weight is 400 g/mol. The third kappa shape index (κ3) is 4.83. The van der Waals surface area contributed by atoms with Crippen LogP contribution in [0.1, 0.15) is 42.3 Å². The normalized spacial score (nSPS) is 11.4. The van der Waals surface area contributed by atoms with E-state index >= 15 is 0 Å². The highest BCUT2D eigenvalue weighted by molar-refractivity contribution is 6.09. The molecule has 29 heavy (non-hydrogen) atoms. The number of rotatable bonds is 7. The van der Waals surface area contributed by atoms with E-state index < -0.39 is 0 Å². The van der Waals surface area contributed by atoms with E-state index in [0.717, 1.165) is 5.56 Å². The van der Waals surface area contributed by atoms with Crippen LogP contribution in [0, 0.1) is 0 Å². The molecule has 0 radical (unpaired) electrons. The van der Waals surface area contributed by atoms with Crippen molar-refractivity contribution in [2.45, 2.75) is 26.2 Å². The molecule has 0 unspecified atom stereocenters. The highest BCUT2D eigenvalue weighted by Crippen LogP contribution is 2.39. The second-order valence-electron chi connectivity index (χ2n) is 7.48. The van der Waals surface area contributed by atoms with E-state index in [1.165, 1.54) is 40.6 Å². The Morgan fingerprint density at radius 1 is 0.862 bits per heavy atom. The van der Waals surface area contributed by atoms with Crippen molar-refractivity contribution in [3.05, 3.63) is 47.0 Å². The Hall–Kier alpha value is -3.15. The second kappa shape index (κ2) is 8.90. The second-order valence-corrected chi connectivity index (χ2v) is 7.48. The molecule has 0 saturated carbocycles. The van der Waals surface area contributed by atoms with Gasteiger partial charge in [-0.05, 0) is 35.3 Å². The third-order valence-corrected chi connectivity index (χ3v) is 4.51. The van der Waals surface area contributed by atoms with E-state index in [9.17, 15) is 9.90 Å². The Kier molecular flexibility index (Phi) is 6.80. The molecule has 0 heterocycles. The van der Waals surface area contributed by atoms with Crippen LogP contribution in [0.25, 0.3) is 6.08 Å². The molecule has 6 heteroatoms. The van der Waals surface area contributed by atoms with Crippen LogP contribution in [-0.4, -0.2) is 39.3 Å². The number of phenolic OH excluding ortho intramolecular Hbond substituents is 1. The zero-order chi connectivity index (χ0) is 21.8. The van der Waals surface area contributed by atoms with Gasteiger partial charge < -0.3 is 24.1 Å². The van der Waals surface area contributed by atoms with E-state index in [1.54, 1.807) is 24.3 Å². The highest BCUT2D eigenvalue weighted by atomic mass is 16.5. The van der Waals surface area contributed by atoms with Crippen LogP contribution in [0.15, 0.2) is 30.3 Å². The van der Waals surface area contributed by atoms with E-state index in [0.29, 0.717) is 28.6 Å². The van der Waals surface area contributed by atoms with Gasteiger partial charge in [0.2, 0.25) is 5.75 Å². The van der Waals surface area contributed by atoms with Crippen molar-refractivity contribution in [2.75, 3.05) is 28.4 Å². The standard InChI is InChI=1S/C23H28O6/c1-23(2,3)16-12-15(18(25)13-19(16)26-4)17(24)9-8-14-10-20(27-5)22(29-7)21(11-14)28-6/h8-13,25H,1-7H3/b9-8+. The fourth-order valence-corrected chi connectivity index (χ4v) is 2.98. The van der Waals surface area contributed by atoms with Crippen molar-refractivity contribution in [1.29, 1.82) is 0 Å². The molecule has 6 nitrogen and oxygen atoms in total. The third-order valence-electron chi connectivity index (χ3n) is 4.51. The first-order chi connectivity index (χ1) is 13.7. The fraction of sp³-hybridized carbons (Fsp3) is 0.348. The topological polar surface area (TPSA) is 74.2 Å². The number of carbonyl (C=O) groups is 1. The largest absolute Gasteiger partial charge is 0.507 e. The van der Waals surface area contributed by atoms with Gasteiger partial charge in [0.15, 0.2) is 17.3 Å². The van der Waals surface area contributed by atoms with Gasteiger partial charge in [-0.1, -0.05) is 26.8 Å². The Morgan fingerprint density at radius 3 is 1.86 bits per heavy atom. The zero-order valence-electron chi connectivity index (χ0n) is 18.0. The van der Waals surface area contributed by atoms with Crippen molar-refractivity contribution in [3.8, 4) is 28.7 Å². The first kappa shape index (κ1) is 22.1. The molecule has 0 aliphatic carbocycles. The molecule has 2 aromatic carbocycles. The summed E-state index contributed by atoms with van der Waals surface area (Å²) in [5.41, 5.74) is 1.48. The minimum absolute atomic E-state index is 0.130. The quantitative estimate of drug-likeness (QED) is 0.540. The molecule has 0 aliphatic rings. The SMILES string of the molecule is COc1cc(O)c(C(=O)/C=C/c2cc(OC)c(OC)c(OC)c2)cc1C(C)(C)C. The fourth-order valence-electron chi connectivity index (χ4n) is 2.98. The molecule has 0 spiro atoms. The van der Waals surface area contributed by atoms with Crippen LogP contribution in [0.4, 0.5) is 0 Å². The van der Waals surface area contributed by atoms with Crippen LogP contribution in [0.5, 0.6) is 28.7 Å². The maximum Gasteiger partial charge on any atom is 0.203 e. The minimum Gasteiger partial charge on any atom is -0.507 e. The number of benzene rings is 2. The first-order valence-corrected chi connectivity index (χ1v) is 9.10. The molecule has 2 aromatic rings. The highest BCUT2D eigenvalue weighted by Gasteiger charge is 2.23. The summed E-state index contributed by atoms with van der Waals surface area (Å²) in [6.07, 6.45) is 3.03. The zero-order valence-corrected chi connectivity index (χ0v) is 18.0. The minimum atomic E-state index is -0.329. The van der Waals surface area contributed by atoms with Crippen LogP contribution < -0.4 is 18.9 Å². The summed E-state index contributed by atoms with van der Waals surface area (Å²) in [5, 5.41) is 10.3. The van der Waals surface area contributed by atoms with Crippen molar-refractivity contribution in [3.63, 3.8) is 0 Å². The van der Waals surface area contributed by atoms with Gasteiger partial charge in [-0.3, -0.25) is 4.79 Å². The number of hydrogen-bond donors (Lipinski definition) is 1. The molecule has 2 rings (SSSR count). The molecule has 156 valence electrons. The molecule has 0 aromatic heterocycles. The number of hydrogen-bond acceptors (Lipinski definition) is 6. The first-order valence-electron chi connectivity index (χ1n) is 9.10. The summed E-state index contributed by atoms with van der Waals surface area (Å²) in [7, 11) is 6.12. The van der Waals surface area contributed by atoms with Crippen molar-refractivity contribution in [2.24, 2.45) is 0 Å². The Morgan fingerprint density at radius 2 is 1.41 bits per heavy atom. The Bertz CT molecular complexity index is 897. The average Bonchev–Trinajstić information content (AvgIpc) is 2.69. The molecular weight excluding hydrogens is 372 g/mol. The van der Waals surface area contributed by atoms with Gasteiger partial charge in [0.25, 0.3) is 0 Å². The molecule has 0 atom stereocenters. The smallest absolute Gasteiger partial charge is 0.203 e. The molecule has 0 saturated heterocycles. The van der Waals surface area contributed by atoms with E-state index in [-0.39, 0.29) is 22.5 Å². The summed E-state index contributed by atoms with van der Waals surface area (Å²) in [6, 6.07) is 6.62. The van der Waals surface area contributed by atoms with Gasteiger partial charge >= 0.3 is 0 Å². The van der Waals surface area contributed by atoms with E-state index in [4.69, 9.17) is 18.9 Å². The van der Waals surface area contributed by atoms with E-state index in [1.807, 2.05) is 20.8 Å². The predicted octanol–water partition coefficient (Wildman–Crippen LogP) is 4.62. The number of ketones is 1. The number of ether oxygens (including phenoxy) is 4. The number of phenols is 1. The predicted molar refractivity (Wildman–Crippen MR) is 113 cm³/mol. The van der Waals surface area contributed by atoms with Gasteiger partial charge in [-0.25, -0.2) is 0 Å². The summed E-state index contributed by atoms with van der Waals surface area (Å²) in [4.78, 5) is 12.8. The summed E-state index contributed by atoms with van der Waals surface area (Å²) < 4.78 is 21.3. The molecule has 1 N–H and O–H groups in total. The van der Waals surface area contributed by atoms with Gasteiger partial charge in [0, 0.05) is 11.6 Å². The lowest BCUT2D eigenvalue weighted by Crippen LogP contribution is -2.14. The lowest BCUT2D eigenvalue weighted by atomic mass is 9.84. The number of carbonyl (C=O) groups excluding carboxylic acids is 1. The van der Waals surface area contributed by atoms with E-state index in [2.05, 4.69) is 0 Å². The van der Waals surface area contributed by atoms with Crippen molar-refractivity contribution < 1.29 is 28.8 Å².